The molecule has 0 spiro atoms. The number of nitrogens with zero attached hydrogens (tertiary/aromatic N) is 1. The van der Waals surface area contributed by atoms with Gasteiger partial charge in [-0.25, -0.2) is 0 Å². The minimum absolute atomic E-state index is 0.330. The van der Waals surface area contributed by atoms with Crippen LogP contribution in [0.4, 0.5) is 0 Å². The van der Waals surface area contributed by atoms with Crippen LogP contribution < -0.4 is 0 Å². The summed E-state index contributed by atoms with van der Waals surface area (Å²) in [6, 6.07) is 3.97. The fourth-order valence-electron chi connectivity index (χ4n) is 2.03. The number of hydrogen-bond donors (Lipinski definition) is 1. The van der Waals surface area contributed by atoms with Crippen molar-refractivity contribution in [3.8, 4) is 0 Å². The van der Waals surface area contributed by atoms with Crippen molar-refractivity contribution in [2.24, 2.45) is 0 Å². The van der Waals surface area contributed by atoms with Gasteiger partial charge in [-0.05, 0) is 51.7 Å². The predicted octanol–water partition coefficient (Wildman–Crippen LogP) is 3.33. The molecule has 0 aromatic carbocycles. The van der Waals surface area contributed by atoms with Gasteiger partial charge in [-0.2, -0.15) is 12.6 Å². The molecular weight excluding hydrogens is 269 g/mol. The van der Waals surface area contributed by atoms with E-state index < -0.39 is 0 Å². The van der Waals surface area contributed by atoms with Gasteiger partial charge < -0.3 is 9.31 Å². The first-order chi connectivity index (χ1) is 9.27. The molecule has 1 aliphatic heterocycles. The third-order valence-electron chi connectivity index (χ3n) is 4.13. The third-order valence-corrected chi connectivity index (χ3v) is 4.49. The van der Waals surface area contributed by atoms with E-state index in [1.165, 1.54) is 0 Å². The molecule has 0 amide bonds. The van der Waals surface area contributed by atoms with E-state index in [1.54, 1.807) is 6.20 Å². The number of aryl methyl sites for hydroxylation is 1. The zero-order chi connectivity index (χ0) is 15.0. The lowest BCUT2D eigenvalue weighted by atomic mass is 9.78. The molecule has 0 bridgehead atoms. The maximum atomic E-state index is 6.07. The topological polar surface area (TPSA) is 31.4 Å². The number of hydrogen-bond acceptors (Lipinski definition) is 4. The second-order valence-electron chi connectivity index (χ2n) is 6.14. The molecule has 0 aliphatic carbocycles. The highest BCUT2D eigenvalue weighted by molar-refractivity contribution is 7.80. The molecule has 20 heavy (non-hydrogen) atoms. The summed E-state index contributed by atoms with van der Waals surface area (Å²) in [5.74, 6) is 0.588. The van der Waals surface area contributed by atoms with E-state index in [-0.39, 0.29) is 18.3 Å². The molecule has 2 rings (SSSR count). The highest BCUT2D eigenvalue weighted by Gasteiger charge is 2.52. The fourth-order valence-corrected chi connectivity index (χ4v) is 2.27. The Bertz CT molecular complexity index is 512. The van der Waals surface area contributed by atoms with E-state index >= 15 is 0 Å². The Morgan fingerprint density at radius 3 is 2.40 bits per heavy atom. The summed E-state index contributed by atoms with van der Waals surface area (Å²) in [4.78, 5) is 4.30. The first-order valence-electron chi connectivity index (χ1n) is 6.85. The average molecular weight is 291 g/mol. The van der Waals surface area contributed by atoms with Crippen LogP contribution in [0, 0.1) is 6.92 Å². The summed E-state index contributed by atoms with van der Waals surface area (Å²) in [5.41, 5.74) is 2.42. The molecule has 1 aromatic rings. The smallest absolute Gasteiger partial charge is 0.400 e. The van der Waals surface area contributed by atoms with E-state index in [1.807, 2.05) is 19.1 Å². The zero-order valence-corrected chi connectivity index (χ0v) is 13.7. The van der Waals surface area contributed by atoms with E-state index in [0.717, 1.165) is 16.7 Å². The minimum atomic E-state index is -0.350. The summed E-state index contributed by atoms with van der Waals surface area (Å²) in [6.07, 6.45) is 3.86. The van der Waals surface area contributed by atoms with Crippen molar-refractivity contribution in [2.45, 2.75) is 45.8 Å². The van der Waals surface area contributed by atoms with Crippen molar-refractivity contribution in [3.05, 3.63) is 35.1 Å². The Kier molecular flexibility index (Phi) is 4.33. The molecule has 0 atom stereocenters. The molecule has 1 aliphatic rings. The van der Waals surface area contributed by atoms with Crippen LogP contribution in [0.25, 0.3) is 6.08 Å². The average Bonchev–Trinajstić information content (AvgIpc) is 2.57. The number of thiol groups is 1. The van der Waals surface area contributed by atoms with E-state index in [2.05, 4.69) is 51.4 Å². The van der Waals surface area contributed by atoms with E-state index in [4.69, 9.17) is 9.31 Å². The molecule has 0 N–H and O–H groups in total. The third kappa shape index (κ3) is 2.95. The van der Waals surface area contributed by atoms with Crippen LogP contribution in [0.5, 0.6) is 0 Å². The van der Waals surface area contributed by atoms with Crippen molar-refractivity contribution in [3.63, 3.8) is 0 Å². The van der Waals surface area contributed by atoms with Crippen molar-refractivity contribution in [1.29, 1.82) is 0 Å². The normalized spacial score (nSPS) is 21.3. The van der Waals surface area contributed by atoms with Crippen LogP contribution in [0.15, 0.2) is 23.8 Å². The van der Waals surface area contributed by atoms with Crippen LogP contribution in [0.1, 0.15) is 39.0 Å². The summed E-state index contributed by atoms with van der Waals surface area (Å²) < 4.78 is 12.1. The van der Waals surface area contributed by atoms with Gasteiger partial charge in [0.2, 0.25) is 0 Å². The number of pyridine rings is 1. The van der Waals surface area contributed by atoms with Gasteiger partial charge in [0.1, 0.15) is 0 Å². The van der Waals surface area contributed by atoms with Crippen LogP contribution in [-0.4, -0.2) is 29.1 Å². The van der Waals surface area contributed by atoms with Gasteiger partial charge in [-0.1, -0.05) is 12.1 Å². The molecule has 1 saturated heterocycles. The van der Waals surface area contributed by atoms with Gasteiger partial charge in [-0.15, -0.1) is 0 Å². The van der Waals surface area contributed by atoms with Crippen LogP contribution in [-0.2, 0) is 9.31 Å². The summed E-state index contributed by atoms with van der Waals surface area (Å²) in [6.45, 7) is 10.2. The van der Waals surface area contributed by atoms with Crippen LogP contribution >= 0.6 is 12.6 Å². The van der Waals surface area contributed by atoms with Crippen LogP contribution in [0.3, 0.4) is 0 Å². The Balaban J connectivity index is 2.29. The molecule has 0 unspecified atom stereocenters. The van der Waals surface area contributed by atoms with E-state index in [0.29, 0.717) is 5.75 Å². The lowest BCUT2D eigenvalue weighted by Gasteiger charge is -2.32. The second kappa shape index (κ2) is 5.55. The molecule has 1 aromatic heterocycles. The first kappa shape index (κ1) is 15.6. The molecule has 108 valence electrons. The quantitative estimate of drug-likeness (QED) is 0.684. The maximum Gasteiger partial charge on any atom is 0.491 e. The van der Waals surface area contributed by atoms with E-state index in [9.17, 15) is 0 Å². The van der Waals surface area contributed by atoms with Crippen molar-refractivity contribution >= 4 is 25.8 Å². The van der Waals surface area contributed by atoms with Crippen molar-refractivity contribution in [2.75, 3.05) is 5.75 Å². The molecule has 3 nitrogen and oxygen atoms in total. The van der Waals surface area contributed by atoms with Crippen molar-refractivity contribution < 1.29 is 9.31 Å². The fraction of sp³-hybridized carbons (Fsp3) is 0.533. The highest BCUT2D eigenvalue weighted by Crippen LogP contribution is 2.39. The highest BCUT2D eigenvalue weighted by atomic mass is 32.1. The first-order valence-corrected chi connectivity index (χ1v) is 7.49. The number of rotatable bonds is 3. The van der Waals surface area contributed by atoms with Gasteiger partial charge in [-0.3, -0.25) is 4.98 Å². The predicted molar refractivity (Wildman–Crippen MR) is 86.9 cm³/mol. The summed E-state index contributed by atoms with van der Waals surface area (Å²) in [5, 5.41) is 0. The van der Waals surface area contributed by atoms with Crippen molar-refractivity contribution in [1.82, 2.24) is 4.98 Å². The zero-order valence-electron chi connectivity index (χ0n) is 12.8. The Labute approximate surface area is 127 Å². The van der Waals surface area contributed by atoms with Gasteiger partial charge in [0, 0.05) is 17.6 Å². The molecule has 1 fully saturated rings. The second-order valence-corrected chi connectivity index (χ2v) is 6.46. The lowest BCUT2D eigenvalue weighted by Crippen LogP contribution is -2.41. The Morgan fingerprint density at radius 1 is 1.30 bits per heavy atom. The molecule has 0 saturated carbocycles. The minimum Gasteiger partial charge on any atom is -0.400 e. The Morgan fingerprint density at radius 2 is 1.90 bits per heavy atom. The summed E-state index contributed by atoms with van der Waals surface area (Å²) >= 11 is 4.42. The van der Waals surface area contributed by atoms with Gasteiger partial charge in [0.15, 0.2) is 0 Å². The molecule has 0 radical (unpaired) electrons. The Hall–Kier alpha value is -0.775. The monoisotopic (exact) mass is 291 g/mol. The van der Waals surface area contributed by atoms with Gasteiger partial charge in [0.25, 0.3) is 0 Å². The number of aromatic nitrogens is 1. The van der Waals surface area contributed by atoms with Gasteiger partial charge in [0.05, 0.1) is 11.2 Å². The standard InChI is InChI=1S/C15H22BNO2S/c1-11-12(7-6-8-17-11)9-13(10-20)16-18-14(2,3)15(4,5)19-16/h6-9,20H,10H2,1-5H3. The molecular formula is C15H22BNO2S. The molecule has 2 heterocycles. The summed E-state index contributed by atoms with van der Waals surface area (Å²) in [7, 11) is -0.350. The maximum absolute atomic E-state index is 6.07. The lowest BCUT2D eigenvalue weighted by molar-refractivity contribution is 0.00578. The van der Waals surface area contributed by atoms with Gasteiger partial charge >= 0.3 is 7.12 Å². The van der Waals surface area contributed by atoms with Crippen LogP contribution in [0.2, 0.25) is 0 Å². The largest absolute Gasteiger partial charge is 0.491 e. The SMILES string of the molecule is Cc1ncccc1C=C(CS)B1OC(C)(C)C(C)(C)O1. The molecule has 5 heteroatoms.